The minimum atomic E-state index is -0.251. The summed E-state index contributed by atoms with van der Waals surface area (Å²) >= 11 is 0. The number of aromatic nitrogens is 1. The number of benzene rings is 1. The first kappa shape index (κ1) is 17.1. The van der Waals surface area contributed by atoms with Crippen molar-refractivity contribution in [3.8, 4) is 6.07 Å². The molecule has 0 aliphatic rings. The maximum absolute atomic E-state index is 12.9. The Morgan fingerprint density at radius 1 is 1.29 bits per heavy atom. The molecule has 0 saturated heterocycles. The fraction of sp³-hybridized carbons (Fsp3) is 0.250. The number of hydrogen-bond donors (Lipinski definition) is 1. The number of rotatable bonds is 4. The molecule has 2 aromatic rings. The molecular formula is C16H17ClFN3. The minimum Gasteiger partial charge on any atom is -0.327 e. The van der Waals surface area contributed by atoms with E-state index in [0.717, 1.165) is 11.1 Å². The maximum Gasteiger partial charge on any atom is 0.123 e. The van der Waals surface area contributed by atoms with Gasteiger partial charge in [0.2, 0.25) is 0 Å². The van der Waals surface area contributed by atoms with Gasteiger partial charge in [-0.15, -0.1) is 12.4 Å². The molecule has 0 fully saturated rings. The lowest BCUT2D eigenvalue weighted by molar-refractivity contribution is 0.562. The van der Waals surface area contributed by atoms with E-state index in [-0.39, 0.29) is 30.2 Å². The van der Waals surface area contributed by atoms with Gasteiger partial charge >= 0.3 is 0 Å². The quantitative estimate of drug-likeness (QED) is 0.943. The highest BCUT2D eigenvalue weighted by atomic mass is 35.5. The third-order valence-electron chi connectivity index (χ3n) is 3.32. The fourth-order valence-corrected chi connectivity index (χ4v) is 2.20. The fourth-order valence-electron chi connectivity index (χ4n) is 2.20. The Kier molecular flexibility index (Phi) is 6.29. The lowest BCUT2D eigenvalue weighted by Gasteiger charge is -2.21. The average Bonchev–Trinajstić information content (AvgIpc) is 2.46. The van der Waals surface area contributed by atoms with Gasteiger partial charge in [-0.2, -0.15) is 5.26 Å². The van der Waals surface area contributed by atoms with Gasteiger partial charge in [0.15, 0.2) is 0 Å². The van der Waals surface area contributed by atoms with E-state index in [4.69, 9.17) is 11.0 Å². The van der Waals surface area contributed by atoms with E-state index in [1.807, 2.05) is 13.0 Å². The van der Waals surface area contributed by atoms with Crippen LogP contribution in [0.15, 0.2) is 42.7 Å². The molecule has 0 amide bonds. The number of halogens is 2. The van der Waals surface area contributed by atoms with Gasteiger partial charge in [0.25, 0.3) is 0 Å². The number of nitrogens with zero attached hydrogens (tertiary/aromatic N) is 2. The smallest absolute Gasteiger partial charge is 0.123 e. The van der Waals surface area contributed by atoms with E-state index in [9.17, 15) is 4.39 Å². The Bertz CT molecular complexity index is 620. The van der Waals surface area contributed by atoms with E-state index in [2.05, 4.69) is 11.1 Å². The monoisotopic (exact) mass is 305 g/mol. The summed E-state index contributed by atoms with van der Waals surface area (Å²) in [6.45, 7) is 1.92. The normalized spacial score (nSPS) is 12.9. The molecular weight excluding hydrogens is 289 g/mol. The minimum absolute atomic E-state index is 0. The predicted molar refractivity (Wildman–Crippen MR) is 82.7 cm³/mol. The Balaban J connectivity index is 0.00000220. The first-order chi connectivity index (χ1) is 9.60. The average molecular weight is 306 g/mol. The van der Waals surface area contributed by atoms with Crippen molar-refractivity contribution in [1.29, 1.82) is 5.26 Å². The molecule has 0 aliphatic heterocycles. The van der Waals surface area contributed by atoms with Crippen LogP contribution in [0, 0.1) is 17.1 Å². The number of pyridine rings is 1. The topological polar surface area (TPSA) is 62.7 Å². The van der Waals surface area contributed by atoms with Crippen LogP contribution < -0.4 is 5.73 Å². The standard InChI is InChI=1S/C16H16FN3.ClH/c1-11(19)16(7-12-2-4-15(17)5-3-12)14-6-13(8-18)9-20-10-14;/h2-6,9-11,16H,7,19H2,1H3;1H. The molecule has 0 bridgehead atoms. The highest BCUT2D eigenvalue weighted by Gasteiger charge is 2.18. The van der Waals surface area contributed by atoms with Crippen molar-refractivity contribution in [2.24, 2.45) is 5.73 Å². The first-order valence-corrected chi connectivity index (χ1v) is 6.45. The molecule has 1 aromatic carbocycles. The SMILES string of the molecule is CC(N)C(Cc1ccc(F)cc1)c1cncc(C#N)c1.Cl. The molecule has 2 rings (SSSR count). The molecule has 0 spiro atoms. The summed E-state index contributed by atoms with van der Waals surface area (Å²) in [4.78, 5) is 4.08. The molecule has 2 unspecified atom stereocenters. The van der Waals surface area contributed by atoms with Crippen LogP contribution in [-0.4, -0.2) is 11.0 Å². The van der Waals surface area contributed by atoms with Gasteiger partial charge in [-0.1, -0.05) is 12.1 Å². The van der Waals surface area contributed by atoms with Crippen molar-refractivity contribution in [3.63, 3.8) is 0 Å². The lowest BCUT2D eigenvalue weighted by Crippen LogP contribution is -2.26. The van der Waals surface area contributed by atoms with Gasteiger partial charge in [-0.3, -0.25) is 4.98 Å². The lowest BCUT2D eigenvalue weighted by atomic mass is 9.87. The second kappa shape index (κ2) is 7.72. The van der Waals surface area contributed by atoms with Gasteiger partial charge in [-0.05, 0) is 42.7 Å². The van der Waals surface area contributed by atoms with Crippen molar-refractivity contribution in [2.75, 3.05) is 0 Å². The largest absolute Gasteiger partial charge is 0.327 e. The highest BCUT2D eigenvalue weighted by molar-refractivity contribution is 5.85. The van der Waals surface area contributed by atoms with E-state index in [1.165, 1.54) is 18.3 Å². The molecule has 110 valence electrons. The molecule has 0 saturated carbocycles. The van der Waals surface area contributed by atoms with Crippen LogP contribution in [0.5, 0.6) is 0 Å². The Morgan fingerprint density at radius 3 is 2.52 bits per heavy atom. The molecule has 0 aliphatic carbocycles. The summed E-state index contributed by atoms with van der Waals surface area (Å²) in [7, 11) is 0. The van der Waals surface area contributed by atoms with Gasteiger partial charge in [0.1, 0.15) is 11.9 Å². The highest BCUT2D eigenvalue weighted by Crippen LogP contribution is 2.24. The van der Waals surface area contributed by atoms with Crippen LogP contribution in [0.25, 0.3) is 0 Å². The van der Waals surface area contributed by atoms with E-state index in [1.54, 1.807) is 18.3 Å². The Hall–Kier alpha value is -1.96. The van der Waals surface area contributed by atoms with E-state index >= 15 is 0 Å². The third kappa shape index (κ3) is 4.52. The second-order valence-corrected chi connectivity index (χ2v) is 4.91. The van der Waals surface area contributed by atoms with Crippen molar-refractivity contribution in [3.05, 3.63) is 65.2 Å². The first-order valence-electron chi connectivity index (χ1n) is 6.45. The van der Waals surface area contributed by atoms with Crippen LogP contribution in [0.2, 0.25) is 0 Å². The molecule has 3 nitrogen and oxygen atoms in total. The summed E-state index contributed by atoms with van der Waals surface area (Å²) in [6.07, 6.45) is 3.95. The van der Waals surface area contributed by atoms with Crippen LogP contribution in [0.1, 0.15) is 29.5 Å². The van der Waals surface area contributed by atoms with Crippen molar-refractivity contribution < 1.29 is 4.39 Å². The summed E-state index contributed by atoms with van der Waals surface area (Å²) < 4.78 is 12.9. The van der Waals surface area contributed by atoms with E-state index in [0.29, 0.717) is 12.0 Å². The van der Waals surface area contributed by atoms with Crippen molar-refractivity contribution >= 4 is 12.4 Å². The molecule has 2 atom stereocenters. The van der Waals surface area contributed by atoms with Crippen molar-refractivity contribution in [1.82, 2.24) is 4.98 Å². The number of hydrogen-bond acceptors (Lipinski definition) is 3. The van der Waals surface area contributed by atoms with Crippen molar-refractivity contribution in [2.45, 2.75) is 25.3 Å². The van der Waals surface area contributed by atoms with Crippen LogP contribution in [0.4, 0.5) is 4.39 Å². The van der Waals surface area contributed by atoms with Crippen LogP contribution in [0.3, 0.4) is 0 Å². The number of nitriles is 1. The maximum atomic E-state index is 12.9. The Labute approximate surface area is 130 Å². The number of nitrogens with two attached hydrogens (primary N) is 1. The molecule has 2 N–H and O–H groups in total. The third-order valence-corrected chi connectivity index (χ3v) is 3.32. The molecule has 1 aromatic heterocycles. The van der Waals surface area contributed by atoms with E-state index < -0.39 is 0 Å². The van der Waals surface area contributed by atoms with Gasteiger partial charge in [0.05, 0.1) is 5.56 Å². The van der Waals surface area contributed by atoms with Gasteiger partial charge in [-0.25, -0.2) is 4.39 Å². The molecule has 1 heterocycles. The summed E-state index contributed by atoms with van der Waals surface area (Å²) in [5.41, 5.74) is 8.52. The zero-order valence-corrected chi connectivity index (χ0v) is 12.5. The summed E-state index contributed by atoms with van der Waals surface area (Å²) in [5.74, 6) is -0.208. The Morgan fingerprint density at radius 2 is 1.95 bits per heavy atom. The zero-order valence-electron chi connectivity index (χ0n) is 11.7. The van der Waals surface area contributed by atoms with Crippen LogP contribution in [-0.2, 0) is 6.42 Å². The molecule has 21 heavy (non-hydrogen) atoms. The molecule has 0 radical (unpaired) electrons. The summed E-state index contributed by atoms with van der Waals surface area (Å²) in [5, 5.41) is 8.94. The van der Waals surface area contributed by atoms with Gasteiger partial charge < -0.3 is 5.73 Å². The van der Waals surface area contributed by atoms with Crippen LogP contribution >= 0.6 is 12.4 Å². The predicted octanol–water partition coefficient (Wildman–Crippen LogP) is 3.19. The van der Waals surface area contributed by atoms with Gasteiger partial charge in [0, 0.05) is 24.4 Å². The molecule has 5 heteroatoms. The zero-order chi connectivity index (χ0) is 14.5. The second-order valence-electron chi connectivity index (χ2n) is 4.91. The summed E-state index contributed by atoms with van der Waals surface area (Å²) in [6, 6.07) is 10.2.